The van der Waals surface area contributed by atoms with Crippen molar-refractivity contribution in [2.75, 3.05) is 11.9 Å². The van der Waals surface area contributed by atoms with Crippen LogP contribution in [0.4, 0.5) is 5.69 Å². The Hall–Kier alpha value is -2.14. The lowest BCUT2D eigenvalue weighted by molar-refractivity contribution is -0.116. The molecule has 1 atom stereocenters. The molecule has 0 radical (unpaired) electrons. The van der Waals surface area contributed by atoms with E-state index in [0.29, 0.717) is 18.9 Å². The molecule has 26 heavy (non-hydrogen) atoms. The van der Waals surface area contributed by atoms with Crippen molar-refractivity contribution in [2.45, 2.75) is 65.5 Å². The lowest BCUT2D eigenvalue weighted by atomic mass is 10.0. The van der Waals surface area contributed by atoms with Crippen LogP contribution in [0.5, 0.6) is 0 Å². The molecule has 0 saturated carbocycles. The quantitative estimate of drug-likeness (QED) is 0.842. The number of hydrogen-bond acceptors (Lipinski definition) is 4. The van der Waals surface area contributed by atoms with Gasteiger partial charge in [0.05, 0.1) is 5.69 Å². The first kappa shape index (κ1) is 18.6. The molecule has 1 aromatic heterocycles. The van der Waals surface area contributed by atoms with Crippen LogP contribution in [0, 0.1) is 13.8 Å². The first-order chi connectivity index (χ1) is 12.5. The Kier molecular flexibility index (Phi) is 6.09. The molecule has 0 bridgehead atoms. The molecule has 0 spiro atoms. The number of benzene rings is 1. The average molecular weight is 355 g/mol. The molecule has 1 N–H and O–H groups in total. The lowest BCUT2D eigenvalue weighted by Gasteiger charge is -2.33. The van der Waals surface area contributed by atoms with E-state index in [-0.39, 0.29) is 5.91 Å². The van der Waals surface area contributed by atoms with Gasteiger partial charge in [-0.1, -0.05) is 23.7 Å². The summed E-state index contributed by atoms with van der Waals surface area (Å²) in [5.74, 6) is 0.814. The van der Waals surface area contributed by atoms with E-state index in [4.69, 9.17) is 4.52 Å². The summed E-state index contributed by atoms with van der Waals surface area (Å²) in [5, 5.41) is 6.91. The van der Waals surface area contributed by atoms with Crippen molar-refractivity contribution < 1.29 is 9.32 Å². The third-order valence-electron chi connectivity index (χ3n) is 5.35. The minimum absolute atomic E-state index is 0.0161. The van der Waals surface area contributed by atoms with E-state index in [1.165, 1.54) is 31.4 Å². The van der Waals surface area contributed by atoms with Gasteiger partial charge in [-0.25, -0.2) is 0 Å². The van der Waals surface area contributed by atoms with E-state index >= 15 is 0 Å². The lowest BCUT2D eigenvalue weighted by Crippen LogP contribution is -2.36. The summed E-state index contributed by atoms with van der Waals surface area (Å²) in [6, 6.07) is 8.89. The van der Waals surface area contributed by atoms with E-state index in [1.54, 1.807) is 0 Å². The van der Waals surface area contributed by atoms with Crippen molar-refractivity contribution in [3.63, 3.8) is 0 Å². The summed E-state index contributed by atoms with van der Waals surface area (Å²) >= 11 is 0. The van der Waals surface area contributed by atoms with Gasteiger partial charge in [-0.15, -0.1) is 0 Å². The largest absolute Gasteiger partial charge is 0.361 e. The zero-order chi connectivity index (χ0) is 18.5. The Morgan fingerprint density at radius 1 is 1.27 bits per heavy atom. The van der Waals surface area contributed by atoms with Crippen molar-refractivity contribution in [3.8, 4) is 0 Å². The normalized spacial score (nSPS) is 18.0. The first-order valence-electron chi connectivity index (χ1n) is 9.57. The van der Waals surface area contributed by atoms with Crippen molar-refractivity contribution in [2.24, 2.45) is 0 Å². The number of likely N-dealkylation sites (tertiary alicyclic amines) is 1. The van der Waals surface area contributed by atoms with E-state index in [2.05, 4.69) is 34.4 Å². The average Bonchev–Trinajstić information content (AvgIpc) is 2.95. The van der Waals surface area contributed by atoms with Crippen LogP contribution in [0.1, 0.15) is 55.2 Å². The van der Waals surface area contributed by atoms with Gasteiger partial charge >= 0.3 is 0 Å². The number of carbonyl (C=O) groups excluding carboxylic acids is 1. The van der Waals surface area contributed by atoms with Crippen molar-refractivity contribution >= 4 is 11.6 Å². The third kappa shape index (κ3) is 4.73. The summed E-state index contributed by atoms with van der Waals surface area (Å²) in [6.07, 6.45) is 5.01. The standard InChI is InChI=1S/C21H29N3O2/c1-15-6-4-5-13-24(15)14-18-7-9-19(10-8-18)22-21(25)12-11-20-16(2)23-26-17(20)3/h7-10,15H,4-6,11-14H2,1-3H3,(H,22,25)/t15-/m1/s1. The van der Waals surface area contributed by atoms with E-state index in [9.17, 15) is 4.79 Å². The smallest absolute Gasteiger partial charge is 0.224 e. The van der Waals surface area contributed by atoms with E-state index < -0.39 is 0 Å². The molecule has 5 heteroatoms. The topological polar surface area (TPSA) is 58.4 Å². The molecular formula is C21H29N3O2. The van der Waals surface area contributed by atoms with Crippen LogP contribution in [0.25, 0.3) is 0 Å². The molecule has 1 saturated heterocycles. The van der Waals surface area contributed by atoms with Crippen LogP contribution in [-0.2, 0) is 17.8 Å². The summed E-state index contributed by atoms with van der Waals surface area (Å²) < 4.78 is 5.14. The number of rotatable bonds is 6. The maximum Gasteiger partial charge on any atom is 0.224 e. The molecule has 2 heterocycles. The van der Waals surface area contributed by atoms with Crippen molar-refractivity contribution in [1.29, 1.82) is 0 Å². The molecule has 1 aliphatic rings. The Labute approximate surface area is 155 Å². The predicted octanol–water partition coefficient (Wildman–Crippen LogP) is 4.24. The highest BCUT2D eigenvalue weighted by molar-refractivity contribution is 5.90. The van der Waals surface area contributed by atoms with Gasteiger partial charge in [0.2, 0.25) is 5.91 Å². The van der Waals surface area contributed by atoms with Crippen LogP contribution < -0.4 is 5.32 Å². The van der Waals surface area contributed by atoms with Gasteiger partial charge in [0.15, 0.2) is 0 Å². The molecule has 2 aromatic rings. The van der Waals surface area contributed by atoms with Crippen LogP contribution >= 0.6 is 0 Å². The molecule has 0 aliphatic carbocycles. The molecule has 1 amide bonds. The highest BCUT2D eigenvalue weighted by atomic mass is 16.5. The Bertz CT molecular complexity index is 717. The molecule has 1 aliphatic heterocycles. The second-order valence-electron chi connectivity index (χ2n) is 7.36. The maximum absolute atomic E-state index is 12.2. The molecule has 0 unspecified atom stereocenters. The molecule has 140 valence electrons. The number of aromatic nitrogens is 1. The summed E-state index contributed by atoms with van der Waals surface area (Å²) in [7, 11) is 0. The first-order valence-corrected chi connectivity index (χ1v) is 9.57. The van der Waals surface area contributed by atoms with Gasteiger partial charge in [-0.3, -0.25) is 9.69 Å². The van der Waals surface area contributed by atoms with Gasteiger partial charge in [0, 0.05) is 30.3 Å². The molecule has 5 nitrogen and oxygen atoms in total. The second-order valence-corrected chi connectivity index (χ2v) is 7.36. The van der Waals surface area contributed by atoms with Gasteiger partial charge < -0.3 is 9.84 Å². The fourth-order valence-corrected chi connectivity index (χ4v) is 3.64. The Morgan fingerprint density at radius 3 is 2.69 bits per heavy atom. The van der Waals surface area contributed by atoms with Crippen molar-refractivity contribution in [1.82, 2.24) is 10.1 Å². The number of carbonyl (C=O) groups is 1. The number of nitrogens with zero attached hydrogens (tertiary/aromatic N) is 2. The van der Waals surface area contributed by atoms with Crippen LogP contribution in [0.3, 0.4) is 0 Å². The Morgan fingerprint density at radius 2 is 2.04 bits per heavy atom. The monoisotopic (exact) mass is 355 g/mol. The number of aryl methyl sites for hydroxylation is 2. The zero-order valence-corrected chi connectivity index (χ0v) is 16.0. The summed E-state index contributed by atoms with van der Waals surface area (Å²) in [5.41, 5.74) is 4.05. The van der Waals surface area contributed by atoms with Gasteiger partial charge in [0.1, 0.15) is 5.76 Å². The van der Waals surface area contributed by atoms with Crippen LogP contribution in [-0.4, -0.2) is 28.6 Å². The number of amides is 1. The Balaban J connectivity index is 1.49. The highest BCUT2D eigenvalue weighted by Gasteiger charge is 2.18. The van der Waals surface area contributed by atoms with Crippen molar-refractivity contribution in [3.05, 3.63) is 46.8 Å². The molecule has 1 aromatic carbocycles. The van der Waals surface area contributed by atoms with E-state index in [0.717, 1.165) is 29.2 Å². The van der Waals surface area contributed by atoms with Crippen LogP contribution in [0.2, 0.25) is 0 Å². The number of anilines is 1. The number of nitrogens with one attached hydrogen (secondary N) is 1. The number of hydrogen-bond donors (Lipinski definition) is 1. The highest BCUT2D eigenvalue weighted by Crippen LogP contribution is 2.20. The fraction of sp³-hybridized carbons (Fsp3) is 0.524. The van der Waals surface area contributed by atoms with Crippen LogP contribution in [0.15, 0.2) is 28.8 Å². The van der Waals surface area contributed by atoms with Gasteiger partial charge in [-0.05, 0) is 64.3 Å². The SMILES string of the molecule is Cc1noc(C)c1CCC(=O)Nc1ccc(CN2CCCC[C@H]2C)cc1. The fourth-order valence-electron chi connectivity index (χ4n) is 3.64. The number of piperidine rings is 1. The molecule has 3 rings (SSSR count). The molecular weight excluding hydrogens is 326 g/mol. The van der Waals surface area contributed by atoms with E-state index in [1.807, 2.05) is 26.0 Å². The molecule has 1 fully saturated rings. The predicted molar refractivity (Wildman–Crippen MR) is 103 cm³/mol. The zero-order valence-electron chi connectivity index (χ0n) is 16.0. The summed E-state index contributed by atoms with van der Waals surface area (Å²) in [6.45, 7) is 8.27. The minimum atomic E-state index is 0.0161. The van der Waals surface area contributed by atoms with Gasteiger partial charge in [0.25, 0.3) is 0 Å². The second kappa shape index (κ2) is 8.49. The minimum Gasteiger partial charge on any atom is -0.361 e. The summed E-state index contributed by atoms with van der Waals surface area (Å²) in [4.78, 5) is 14.7. The van der Waals surface area contributed by atoms with Gasteiger partial charge in [-0.2, -0.15) is 0 Å². The maximum atomic E-state index is 12.2. The third-order valence-corrected chi connectivity index (χ3v) is 5.35.